The molecule has 2 aromatic heterocycles. The van der Waals surface area contributed by atoms with E-state index >= 15 is 0 Å². The topological polar surface area (TPSA) is 341 Å². The second-order valence-corrected chi connectivity index (χ2v) is 4.71. The molecule has 0 spiro atoms. The molecule has 16 nitrogen and oxygen atoms in total. The van der Waals surface area contributed by atoms with E-state index in [1.54, 1.807) is 13.8 Å². The Morgan fingerprint density at radius 2 is 1.03 bits per heavy atom. The number of carbonyl (C=O) groups excluding carboxylic acids is 2. The average molecular weight is 499 g/mol. The Morgan fingerprint density at radius 3 is 1.16 bits per heavy atom. The molecule has 0 unspecified atom stereocenters. The number of rotatable bonds is 6. The fraction of sp³-hybridized carbons (Fsp3) is 0.286. The third-order valence-electron chi connectivity index (χ3n) is 2.99. The van der Waals surface area contributed by atoms with E-state index in [1.807, 2.05) is 0 Å². The normalized spacial score (nSPS) is 8.32. The van der Waals surface area contributed by atoms with Gasteiger partial charge in [0.05, 0.1) is 11.9 Å². The van der Waals surface area contributed by atoms with Crippen molar-refractivity contribution in [1.29, 1.82) is 0 Å². The molecule has 0 aliphatic heterocycles. The third kappa shape index (κ3) is 9.80. The van der Waals surface area contributed by atoms with E-state index in [4.69, 9.17) is 10.2 Å². The predicted molar refractivity (Wildman–Crippen MR) is 95.5 cm³/mol. The number of aryl methyl sites for hydroxylation is 2. The van der Waals surface area contributed by atoms with Crippen LogP contribution in [-0.4, -0.2) is 65.0 Å². The van der Waals surface area contributed by atoms with Crippen molar-refractivity contribution >= 4 is 23.9 Å². The van der Waals surface area contributed by atoms with E-state index in [0.717, 1.165) is 0 Å². The van der Waals surface area contributed by atoms with Gasteiger partial charge < -0.3 is 61.9 Å². The Balaban J connectivity index is -0.000000125. The van der Waals surface area contributed by atoms with E-state index in [2.05, 4.69) is 19.9 Å². The number of imidazole rings is 2. The van der Waals surface area contributed by atoms with Crippen LogP contribution < -0.4 is 10.2 Å². The summed E-state index contributed by atoms with van der Waals surface area (Å²) < 4.78 is 0. The summed E-state index contributed by atoms with van der Waals surface area (Å²) in [6, 6.07) is 0. The molecule has 179 valence electrons. The molecule has 0 fully saturated rings. The first-order valence-electron chi connectivity index (χ1n) is 7.19. The summed E-state index contributed by atoms with van der Waals surface area (Å²) in [5, 5.41) is 37.9. The molecular formula is C14H24CoN4O12+2. The Bertz CT molecular complexity index is 730. The van der Waals surface area contributed by atoms with Crippen LogP contribution in [0, 0.1) is 0 Å². The van der Waals surface area contributed by atoms with Gasteiger partial charge in [0.25, 0.3) is 0 Å². The quantitative estimate of drug-likeness (QED) is 0.273. The maximum Gasteiger partial charge on any atom is 2.00 e. The van der Waals surface area contributed by atoms with Gasteiger partial charge in [0.15, 0.2) is 11.4 Å². The van der Waals surface area contributed by atoms with Crippen LogP contribution in [0.1, 0.15) is 67.5 Å². The van der Waals surface area contributed by atoms with Crippen LogP contribution in [0.3, 0.4) is 0 Å². The Hall–Kier alpha value is -3.35. The standard InChI is InChI=1S/2C7H8N2O4.Co.4H2O/c2*1-2-3-8-4(6(10)11)5(9-3)7(12)13;;;;;/h2*2H2,1H3,(H,8,9)(H,10,11)(H,12,13);;4*1H2/q;;+2;;;;. The van der Waals surface area contributed by atoms with E-state index in [0.29, 0.717) is 24.5 Å². The number of nitrogens with zero attached hydrogens (tertiary/aromatic N) is 2. The second kappa shape index (κ2) is 16.4. The average Bonchev–Trinajstić information content (AvgIpc) is 3.19. The number of aromatic amines is 2. The molecular weight excluding hydrogens is 475 g/mol. The maximum absolute atomic E-state index is 10.5. The summed E-state index contributed by atoms with van der Waals surface area (Å²) in [5.74, 6) is -5.26. The first kappa shape index (κ1) is 38.3. The zero-order chi connectivity index (χ0) is 20.0. The summed E-state index contributed by atoms with van der Waals surface area (Å²) in [5.41, 5.74) is -1.97. The molecule has 31 heavy (non-hydrogen) atoms. The van der Waals surface area contributed by atoms with Crippen LogP contribution in [0.5, 0.6) is 0 Å². The summed E-state index contributed by atoms with van der Waals surface area (Å²) >= 11 is 0. The monoisotopic (exact) mass is 499 g/mol. The van der Waals surface area contributed by atoms with Crippen LogP contribution in [0.2, 0.25) is 0 Å². The summed E-state index contributed by atoms with van der Waals surface area (Å²) in [4.78, 5) is 53.6. The first-order valence-corrected chi connectivity index (χ1v) is 7.19. The van der Waals surface area contributed by atoms with Crippen molar-refractivity contribution < 1.29 is 78.3 Å². The van der Waals surface area contributed by atoms with Crippen LogP contribution in [0.15, 0.2) is 0 Å². The molecule has 17 heteroatoms. The number of aromatic carboxylic acids is 4. The molecule has 0 aliphatic carbocycles. The Labute approximate surface area is 183 Å². The zero-order valence-electron chi connectivity index (χ0n) is 16.1. The number of carbonyl (C=O) groups is 4. The largest absolute Gasteiger partial charge is 2.00 e. The van der Waals surface area contributed by atoms with E-state index < -0.39 is 46.7 Å². The minimum atomic E-state index is -1.59. The molecule has 1 radical (unpaired) electrons. The number of nitrogens with one attached hydrogen (secondary N) is 2. The number of carboxylic acids is 4. The fourth-order valence-electron chi connectivity index (χ4n) is 1.78. The van der Waals surface area contributed by atoms with Gasteiger partial charge in [0.2, 0.25) is 0 Å². The van der Waals surface area contributed by atoms with Crippen LogP contribution in [0.4, 0.5) is 0 Å². The van der Waals surface area contributed by atoms with Crippen molar-refractivity contribution in [3.05, 3.63) is 34.4 Å². The van der Waals surface area contributed by atoms with Gasteiger partial charge in [-0.05, 0) is 0 Å². The van der Waals surface area contributed by atoms with Gasteiger partial charge in [-0.1, -0.05) is 13.8 Å². The molecule has 2 heterocycles. The number of aromatic nitrogens is 4. The smallest absolute Gasteiger partial charge is 0.543 e. The van der Waals surface area contributed by atoms with E-state index in [9.17, 15) is 29.4 Å². The van der Waals surface area contributed by atoms with Gasteiger partial charge in [0.1, 0.15) is 23.0 Å². The predicted octanol–water partition coefficient (Wildman–Crippen LogP) is -5.43. The maximum atomic E-state index is 10.5. The Kier molecular flexibility index (Phi) is 20.3. The van der Waals surface area contributed by atoms with E-state index in [-0.39, 0.29) is 38.7 Å². The van der Waals surface area contributed by atoms with Gasteiger partial charge in [-0.25, -0.2) is 19.6 Å². The van der Waals surface area contributed by atoms with Gasteiger partial charge >= 0.3 is 28.7 Å². The minimum absolute atomic E-state index is 0. The summed E-state index contributed by atoms with van der Waals surface area (Å²) in [7, 11) is 0. The summed E-state index contributed by atoms with van der Waals surface area (Å²) in [6.07, 6.45) is 0.876. The SMILES string of the molecule is CCc1nc(C(=O)[O-])c(C(=O)O)[nH]1.CCc1nc(C(=O)[O-])c(C(=O)O)[nH]1.O.O.[Co+2].[OH3+].[OH3+]. The van der Waals surface area contributed by atoms with Crippen molar-refractivity contribution in [3.63, 3.8) is 0 Å². The number of H-pyrrole nitrogens is 2. The zero-order valence-corrected chi connectivity index (χ0v) is 17.2. The molecule has 2 rings (SSSR count). The van der Waals surface area contributed by atoms with Crippen molar-refractivity contribution in [2.75, 3.05) is 0 Å². The molecule has 2 aromatic rings. The number of hydrogen-bond donors (Lipinski definition) is 4. The molecule has 0 atom stereocenters. The molecule has 0 aromatic carbocycles. The molecule has 0 bridgehead atoms. The van der Waals surface area contributed by atoms with Crippen LogP contribution in [-0.2, 0) is 40.6 Å². The first-order chi connectivity index (χ1) is 12.1. The van der Waals surface area contributed by atoms with Crippen molar-refractivity contribution in [3.8, 4) is 0 Å². The summed E-state index contributed by atoms with van der Waals surface area (Å²) in [6.45, 7) is 3.45. The third-order valence-corrected chi connectivity index (χ3v) is 2.99. The van der Waals surface area contributed by atoms with Gasteiger partial charge in [-0.2, -0.15) is 0 Å². The number of hydrogen-bond acceptors (Lipinski definition) is 8. The van der Waals surface area contributed by atoms with Crippen LogP contribution >= 0.6 is 0 Å². The second-order valence-electron chi connectivity index (χ2n) is 4.71. The van der Waals surface area contributed by atoms with Gasteiger partial charge in [-0.3, -0.25) is 0 Å². The van der Waals surface area contributed by atoms with Crippen molar-refractivity contribution in [2.24, 2.45) is 0 Å². The number of carboxylic acid groups (broad SMARTS) is 4. The van der Waals surface area contributed by atoms with Crippen molar-refractivity contribution in [1.82, 2.24) is 19.9 Å². The molecule has 0 amide bonds. The van der Waals surface area contributed by atoms with E-state index in [1.165, 1.54) is 0 Å². The fourth-order valence-corrected chi connectivity index (χ4v) is 1.78. The molecule has 14 N–H and O–H groups in total. The minimum Gasteiger partial charge on any atom is -0.543 e. The Morgan fingerprint density at radius 1 is 0.774 bits per heavy atom. The molecule has 0 saturated heterocycles. The molecule has 0 saturated carbocycles. The molecule has 0 aliphatic rings. The van der Waals surface area contributed by atoms with Gasteiger partial charge in [0, 0.05) is 12.8 Å². The van der Waals surface area contributed by atoms with Crippen LogP contribution in [0.25, 0.3) is 0 Å². The van der Waals surface area contributed by atoms with Gasteiger partial charge in [-0.15, -0.1) is 0 Å². The van der Waals surface area contributed by atoms with Crippen molar-refractivity contribution in [2.45, 2.75) is 26.7 Å².